The third-order valence-electron chi connectivity index (χ3n) is 5.02. The molecule has 0 unspecified atom stereocenters. The number of nitrogens with zero attached hydrogens (tertiary/aromatic N) is 2. The minimum Gasteiger partial charge on any atom is -0.492 e. The Morgan fingerprint density at radius 3 is 2.43 bits per heavy atom. The van der Waals surface area contributed by atoms with Gasteiger partial charge in [-0.3, -0.25) is 9.69 Å². The van der Waals surface area contributed by atoms with E-state index in [-0.39, 0.29) is 12.2 Å². The summed E-state index contributed by atoms with van der Waals surface area (Å²) in [7, 11) is 0. The maximum atomic E-state index is 13.9. The summed E-state index contributed by atoms with van der Waals surface area (Å²) in [6, 6.07) is 14.8. The Hall–Kier alpha value is -2.60. The van der Waals surface area contributed by atoms with Gasteiger partial charge in [0, 0.05) is 39.1 Å². The van der Waals surface area contributed by atoms with Crippen LogP contribution >= 0.6 is 0 Å². The zero-order valence-corrected chi connectivity index (χ0v) is 16.0. The number of aryl methyl sites for hydroxylation is 1. The summed E-state index contributed by atoms with van der Waals surface area (Å²) in [4.78, 5) is 15.0. The fourth-order valence-electron chi connectivity index (χ4n) is 3.41. The van der Waals surface area contributed by atoms with E-state index in [1.807, 2.05) is 36.4 Å². The molecule has 1 saturated heterocycles. The van der Waals surface area contributed by atoms with E-state index in [9.17, 15) is 9.18 Å². The van der Waals surface area contributed by atoms with Crippen molar-refractivity contribution in [1.82, 2.24) is 4.90 Å². The van der Waals surface area contributed by atoms with Gasteiger partial charge < -0.3 is 14.7 Å². The minimum atomic E-state index is -0.755. The number of hydrogen-bond acceptors (Lipinski definition) is 4. The molecule has 1 N–H and O–H groups in total. The lowest BCUT2D eigenvalue weighted by Gasteiger charge is -2.36. The third kappa shape index (κ3) is 5.96. The highest BCUT2D eigenvalue weighted by Gasteiger charge is 2.18. The molecule has 1 aliphatic heterocycles. The van der Waals surface area contributed by atoms with Gasteiger partial charge in [-0.25, -0.2) is 4.39 Å². The van der Waals surface area contributed by atoms with Gasteiger partial charge in [0.15, 0.2) is 0 Å². The topological polar surface area (TPSA) is 53.0 Å². The molecule has 0 aromatic heterocycles. The van der Waals surface area contributed by atoms with Crippen molar-refractivity contribution in [1.29, 1.82) is 0 Å². The summed E-state index contributed by atoms with van der Waals surface area (Å²) in [5.41, 5.74) is 1.81. The van der Waals surface area contributed by atoms with E-state index in [0.717, 1.165) is 50.5 Å². The van der Waals surface area contributed by atoms with E-state index in [1.165, 1.54) is 6.07 Å². The molecular weight excluding hydrogens is 359 g/mol. The number of carboxylic acid groups (broad SMARTS) is 1. The van der Waals surface area contributed by atoms with Gasteiger partial charge in [0.1, 0.15) is 18.2 Å². The smallest absolute Gasteiger partial charge is 0.303 e. The molecule has 1 fully saturated rings. The van der Waals surface area contributed by atoms with E-state index < -0.39 is 5.97 Å². The van der Waals surface area contributed by atoms with E-state index in [1.54, 1.807) is 6.07 Å². The molecule has 2 aromatic carbocycles. The summed E-state index contributed by atoms with van der Waals surface area (Å²) in [6.07, 6.45) is 1.61. The predicted molar refractivity (Wildman–Crippen MR) is 108 cm³/mol. The minimum absolute atomic E-state index is 0.161. The molecule has 2 aromatic rings. The molecular formula is C22H27FN2O3. The van der Waals surface area contributed by atoms with E-state index in [0.29, 0.717) is 18.7 Å². The van der Waals surface area contributed by atoms with Crippen LogP contribution in [0, 0.1) is 5.82 Å². The zero-order valence-electron chi connectivity index (χ0n) is 16.0. The second-order valence-corrected chi connectivity index (χ2v) is 7.02. The van der Waals surface area contributed by atoms with Crippen molar-refractivity contribution < 1.29 is 19.0 Å². The number of carbonyl (C=O) groups is 1. The van der Waals surface area contributed by atoms with E-state index in [4.69, 9.17) is 9.84 Å². The second kappa shape index (κ2) is 10.1. The SMILES string of the molecule is O=C(O)CCCc1ccc(OCCN2CCN(c3ccccc3F)CC2)cc1. The van der Waals surface area contributed by atoms with E-state index >= 15 is 0 Å². The molecule has 0 saturated carbocycles. The average molecular weight is 386 g/mol. The van der Waals surface area contributed by atoms with Gasteiger partial charge in [-0.05, 0) is 42.7 Å². The molecule has 1 aliphatic rings. The Bertz CT molecular complexity index is 759. The largest absolute Gasteiger partial charge is 0.492 e. The zero-order chi connectivity index (χ0) is 19.8. The Kier molecular flexibility index (Phi) is 7.25. The lowest BCUT2D eigenvalue weighted by molar-refractivity contribution is -0.137. The molecule has 0 spiro atoms. The molecule has 6 heteroatoms. The molecule has 0 atom stereocenters. The summed E-state index contributed by atoms with van der Waals surface area (Å²) in [5, 5.41) is 8.68. The van der Waals surface area contributed by atoms with Crippen LogP contribution in [0.3, 0.4) is 0 Å². The first kappa shape index (κ1) is 20.1. The molecule has 5 nitrogen and oxygen atoms in total. The number of carboxylic acids is 1. The first-order chi connectivity index (χ1) is 13.6. The van der Waals surface area contributed by atoms with Crippen molar-refractivity contribution >= 4 is 11.7 Å². The lowest BCUT2D eigenvalue weighted by atomic mass is 10.1. The van der Waals surface area contributed by atoms with Crippen LogP contribution in [0.15, 0.2) is 48.5 Å². The predicted octanol–water partition coefficient (Wildman–Crippen LogP) is 3.43. The number of piperazine rings is 1. The first-order valence-corrected chi connectivity index (χ1v) is 9.77. The quantitative estimate of drug-likeness (QED) is 0.716. The standard InChI is InChI=1S/C22H27FN2O3/c23-20-5-1-2-6-21(20)25-14-12-24(13-15-25)16-17-28-19-10-8-18(9-11-19)4-3-7-22(26)27/h1-2,5-6,8-11H,3-4,7,12-17H2,(H,26,27). The van der Waals surface area contributed by atoms with Crippen molar-refractivity contribution in [2.24, 2.45) is 0 Å². The molecule has 1 heterocycles. The van der Waals surface area contributed by atoms with Gasteiger partial charge >= 0.3 is 5.97 Å². The highest BCUT2D eigenvalue weighted by atomic mass is 19.1. The normalized spacial score (nSPS) is 14.8. The van der Waals surface area contributed by atoms with Crippen LogP contribution in [0.1, 0.15) is 18.4 Å². The molecule has 0 bridgehead atoms. The molecule has 150 valence electrons. The van der Waals surface area contributed by atoms with Crippen LogP contribution in [0.4, 0.5) is 10.1 Å². The van der Waals surface area contributed by atoms with Crippen molar-refractivity contribution in [2.75, 3.05) is 44.2 Å². The molecule has 0 radical (unpaired) electrons. The number of rotatable bonds is 9. The highest BCUT2D eigenvalue weighted by molar-refractivity contribution is 5.66. The molecule has 0 amide bonds. The number of para-hydroxylation sites is 1. The van der Waals surface area contributed by atoms with Gasteiger partial charge in [0.2, 0.25) is 0 Å². The molecule has 3 rings (SSSR count). The average Bonchev–Trinajstić information content (AvgIpc) is 2.70. The number of halogens is 1. The lowest BCUT2D eigenvalue weighted by Crippen LogP contribution is -2.47. The van der Waals surface area contributed by atoms with Gasteiger partial charge in [0.25, 0.3) is 0 Å². The number of hydrogen-bond donors (Lipinski definition) is 1. The number of anilines is 1. The fourth-order valence-corrected chi connectivity index (χ4v) is 3.41. The van der Waals surface area contributed by atoms with Crippen LogP contribution in [-0.2, 0) is 11.2 Å². The Morgan fingerprint density at radius 2 is 1.75 bits per heavy atom. The summed E-state index contributed by atoms with van der Waals surface area (Å²) in [6.45, 7) is 4.85. The van der Waals surface area contributed by atoms with Crippen LogP contribution in [0.5, 0.6) is 5.75 Å². The number of benzene rings is 2. The van der Waals surface area contributed by atoms with Crippen molar-refractivity contribution in [3.63, 3.8) is 0 Å². The Morgan fingerprint density at radius 1 is 1.04 bits per heavy atom. The van der Waals surface area contributed by atoms with E-state index in [2.05, 4.69) is 9.80 Å². The van der Waals surface area contributed by atoms with Crippen LogP contribution in [0.2, 0.25) is 0 Å². The van der Waals surface area contributed by atoms with Crippen molar-refractivity contribution in [3.05, 3.63) is 59.9 Å². The first-order valence-electron chi connectivity index (χ1n) is 9.77. The van der Waals surface area contributed by atoms with Gasteiger partial charge in [-0.2, -0.15) is 0 Å². The van der Waals surface area contributed by atoms with Gasteiger partial charge in [-0.15, -0.1) is 0 Å². The highest BCUT2D eigenvalue weighted by Crippen LogP contribution is 2.20. The van der Waals surface area contributed by atoms with Gasteiger partial charge in [-0.1, -0.05) is 24.3 Å². The monoisotopic (exact) mass is 386 g/mol. The fraction of sp³-hybridized carbons (Fsp3) is 0.409. The van der Waals surface area contributed by atoms with Crippen LogP contribution < -0.4 is 9.64 Å². The maximum Gasteiger partial charge on any atom is 0.303 e. The van der Waals surface area contributed by atoms with Crippen molar-refractivity contribution in [3.8, 4) is 5.75 Å². The van der Waals surface area contributed by atoms with Crippen molar-refractivity contribution in [2.45, 2.75) is 19.3 Å². The number of ether oxygens (including phenoxy) is 1. The Labute approximate surface area is 165 Å². The Balaban J connectivity index is 1.36. The second-order valence-electron chi connectivity index (χ2n) is 7.02. The van der Waals surface area contributed by atoms with Gasteiger partial charge in [0.05, 0.1) is 5.69 Å². The number of aliphatic carboxylic acids is 1. The maximum absolute atomic E-state index is 13.9. The molecule has 28 heavy (non-hydrogen) atoms. The van der Waals surface area contributed by atoms with Crippen LogP contribution in [0.25, 0.3) is 0 Å². The van der Waals surface area contributed by atoms with Crippen LogP contribution in [-0.4, -0.2) is 55.3 Å². The summed E-state index contributed by atoms with van der Waals surface area (Å²) >= 11 is 0. The third-order valence-corrected chi connectivity index (χ3v) is 5.02. The molecule has 0 aliphatic carbocycles. The summed E-state index contributed by atoms with van der Waals surface area (Å²) in [5.74, 6) is -0.0904. The summed E-state index contributed by atoms with van der Waals surface area (Å²) < 4.78 is 19.7.